The zero-order valence-corrected chi connectivity index (χ0v) is 12.5. The maximum Gasteiger partial charge on any atom is 0.320 e. The van der Waals surface area contributed by atoms with Crippen LogP contribution in [0.5, 0.6) is 0 Å². The van der Waals surface area contributed by atoms with Crippen LogP contribution in [-0.2, 0) is 4.79 Å². The molecule has 1 rings (SSSR count). The van der Waals surface area contributed by atoms with Crippen molar-refractivity contribution in [2.75, 3.05) is 13.1 Å². The molecule has 0 aromatic carbocycles. The number of carboxylic acid groups (broad SMARTS) is 1. The molecule has 110 valence electrons. The van der Waals surface area contributed by atoms with E-state index in [1.54, 1.807) is 4.90 Å². The number of carboxylic acids is 1. The molecule has 0 atom stereocenters. The van der Waals surface area contributed by atoms with Crippen LogP contribution in [0.15, 0.2) is 0 Å². The third kappa shape index (κ3) is 4.73. The topological polar surface area (TPSA) is 60.9 Å². The molecule has 0 unspecified atom stereocenters. The number of hydrogen-bond donors (Lipinski definition) is 1. The van der Waals surface area contributed by atoms with Crippen LogP contribution in [0.1, 0.15) is 53.4 Å². The summed E-state index contributed by atoms with van der Waals surface area (Å²) in [6, 6.07) is 0.347. The summed E-state index contributed by atoms with van der Waals surface area (Å²) in [4.78, 5) is 27.0. The zero-order chi connectivity index (χ0) is 14.6. The Morgan fingerprint density at radius 3 is 2.16 bits per heavy atom. The van der Waals surface area contributed by atoms with Crippen LogP contribution < -0.4 is 0 Å². The largest absolute Gasteiger partial charge is 0.481 e. The van der Waals surface area contributed by atoms with Gasteiger partial charge in [-0.1, -0.05) is 6.92 Å². The summed E-state index contributed by atoms with van der Waals surface area (Å²) in [5.74, 6) is -0.865. The zero-order valence-electron chi connectivity index (χ0n) is 12.5. The molecule has 1 fully saturated rings. The first-order valence-electron chi connectivity index (χ1n) is 7.07. The first-order chi connectivity index (χ1) is 8.77. The van der Waals surface area contributed by atoms with Crippen LogP contribution in [0.2, 0.25) is 0 Å². The summed E-state index contributed by atoms with van der Waals surface area (Å²) < 4.78 is 0. The first-order valence-corrected chi connectivity index (χ1v) is 7.07. The van der Waals surface area contributed by atoms with Crippen LogP contribution in [0.25, 0.3) is 0 Å². The number of hydrogen-bond acceptors (Lipinski definition) is 2. The summed E-state index contributed by atoms with van der Waals surface area (Å²) in [6.45, 7) is 8.92. The van der Waals surface area contributed by atoms with E-state index in [2.05, 4.69) is 6.92 Å². The quantitative estimate of drug-likeness (QED) is 0.807. The number of urea groups is 1. The Bertz CT molecular complexity index is 332. The molecule has 5 heteroatoms. The Balaban J connectivity index is 2.76. The van der Waals surface area contributed by atoms with E-state index in [1.807, 2.05) is 25.7 Å². The number of carbonyl (C=O) groups excluding carboxylic acids is 1. The van der Waals surface area contributed by atoms with E-state index < -0.39 is 5.97 Å². The molecular weight excluding hydrogens is 244 g/mol. The third-order valence-electron chi connectivity index (χ3n) is 3.29. The summed E-state index contributed by atoms with van der Waals surface area (Å²) in [6.07, 6.45) is 3.07. The van der Waals surface area contributed by atoms with Crippen molar-refractivity contribution in [1.82, 2.24) is 9.80 Å². The standard InChI is InChI=1S/C14H26N2O3/c1-5-9-15(11-6-7-11)13(19)16(14(2,3)4)10-8-12(17)18/h11H,5-10H2,1-4H3,(H,17,18). The van der Waals surface area contributed by atoms with Gasteiger partial charge in [-0.25, -0.2) is 4.79 Å². The predicted molar refractivity (Wildman–Crippen MR) is 74.1 cm³/mol. The molecule has 0 radical (unpaired) electrons. The van der Waals surface area contributed by atoms with Gasteiger partial charge in [-0.05, 0) is 40.0 Å². The molecule has 0 aromatic rings. The highest BCUT2D eigenvalue weighted by molar-refractivity contribution is 5.77. The maximum absolute atomic E-state index is 12.6. The van der Waals surface area contributed by atoms with Crippen molar-refractivity contribution >= 4 is 12.0 Å². The number of carbonyl (C=O) groups is 2. The van der Waals surface area contributed by atoms with E-state index in [0.717, 1.165) is 25.8 Å². The van der Waals surface area contributed by atoms with Gasteiger partial charge in [0, 0.05) is 24.7 Å². The van der Waals surface area contributed by atoms with E-state index in [9.17, 15) is 9.59 Å². The number of amides is 2. The molecule has 5 nitrogen and oxygen atoms in total. The van der Waals surface area contributed by atoms with Gasteiger partial charge in [-0.3, -0.25) is 4.79 Å². The highest BCUT2D eigenvalue weighted by Crippen LogP contribution is 2.29. The highest BCUT2D eigenvalue weighted by atomic mass is 16.4. The van der Waals surface area contributed by atoms with Gasteiger partial charge in [-0.15, -0.1) is 0 Å². The van der Waals surface area contributed by atoms with Crippen LogP contribution in [0.4, 0.5) is 4.79 Å². The molecular formula is C14H26N2O3. The van der Waals surface area contributed by atoms with Gasteiger partial charge in [0.2, 0.25) is 0 Å². The van der Waals surface area contributed by atoms with Crippen LogP contribution in [0, 0.1) is 0 Å². The molecule has 1 aliphatic rings. The van der Waals surface area contributed by atoms with Crippen LogP contribution in [0.3, 0.4) is 0 Å². The van der Waals surface area contributed by atoms with Crippen molar-refractivity contribution in [2.24, 2.45) is 0 Å². The monoisotopic (exact) mass is 270 g/mol. The van der Waals surface area contributed by atoms with Crippen molar-refractivity contribution in [3.63, 3.8) is 0 Å². The Labute approximate surface area is 115 Å². The lowest BCUT2D eigenvalue weighted by Crippen LogP contribution is -2.53. The van der Waals surface area contributed by atoms with E-state index in [4.69, 9.17) is 5.11 Å². The van der Waals surface area contributed by atoms with Gasteiger partial charge in [0.15, 0.2) is 0 Å². The van der Waals surface area contributed by atoms with E-state index in [0.29, 0.717) is 6.04 Å². The Morgan fingerprint density at radius 1 is 1.21 bits per heavy atom. The summed E-state index contributed by atoms with van der Waals surface area (Å²) in [5, 5.41) is 8.82. The van der Waals surface area contributed by atoms with Crippen molar-refractivity contribution in [1.29, 1.82) is 0 Å². The highest BCUT2D eigenvalue weighted by Gasteiger charge is 2.37. The smallest absolute Gasteiger partial charge is 0.320 e. The lowest BCUT2D eigenvalue weighted by molar-refractivity contribution is -0.137. The summed E-state index contributed by atoms with van der Waals surface area (Å²) in [7, 11) is 0. The summed E-state index contributed by atoms with van der Waals surface area (Å²) in [5.41, 5.74) is -0.354. The Kier molecular flexibility index (Phi) is 5.20. The molecule has 0 aliphatic heterocycles. The fourth-order valence-corrected chi connectivity index (χ4v) is 2.14. The van der Waals surface area contributed by atoms with Crippen LogP contribution >= 0.6 is 0 Å². The lowest BCUT2D eigenvalue weighted by Gasteiger charge is -2.39. The number of nitrogens with zero attached hydrogens (tertiary/aromatic N) is 2. The van der Waals surface area contributed by atoms with Crippen molar-refractivity contribution in [3.8, 4) is 0 Å². The normalized spacial score (nSPS) is 15.2. The van der Waals surface area contributed by atoms with Crippen molar-refractivity contribution < 1.29 is 14.7 Å². The predicted octanol–water partition coefficient (Wildman–Crippen LogP) is 2.56. The lowest BCUT2D eigenvalue weighted by atomic mass is 10.1. The van der Waals surface area contributed by atoms with Gasteiger partial charge in [-0.2, -0.15) is 0 Å². The second kappa shape index (κ2) is 6.26. The average Bonchev–Trinajstić information content (AvgIpc) is 3.07. The van der Waals surface area contributed by atoms with Gasteiger partial charge in [0.1, 0.15) is 0 Å². The van der Waals surface area contributed by atoms with Crippen molar-refractivity contribution in [2.45, 2.75) is 65.0 Å². The fourth-order valence-electron chi connectivity index (χ4n) is 2.14. The maximum atomic E-state index is 12.6. The van der Waals surface area contributed by atoms with Crippen LogP contribution in [-0.4, -0.2) is 51.6 Å². The van der Waals surface area contributed by atoms with Crippen molar-refractivity contribution in [3.05, 3.63) is 0 Å². The molecule has 2 amide bonds. The number of rotatable bonds is 6. The fraction of sp³-hybridized carbons (Fsp3) is 0.857. The average molecular weight is 270 g/mol. The number of aliphatic carboxylic acids is 1. The van der Waals surface area contributed by atoms with E-state index >= 15 is 0 Å². The molecule has 19 heavy (non-hydrogen) atoms. The SMILES string of the molecule is CCCN(C(=O)N(CCC(=O)O)C(C)(C)C)C1CC1. The Morgan fingerprint density at radius 2 is 1.79 bits per heavy atom. The molecule has 0 saturated heterocycles. The van der Waals surface area contributed by atoms with E-state index in [1.165, 1.54) is 0 Å². The molecule has 0 aromatic heterocycles. The molecule has 1 aliphatic carbocycles. The second-order valence-corrected chi connectivity index (χ2v) is 6.17. The Hall–Kier alpha value is -1.26. The minimum atomic E-state index is -0.865. The third-order valence-corrected chi connectivity index (χ3v) is 3.29. The summed E-state index contributed by atoms with van der Waals surface area (Å²) >= 11 is 0. The molecule has 1 N–H and O–H groups in total. The molecule has 0 spiro atoms. The van der Waals surface area contributed by atoms with Gasteiger partial charge < -0.3 is 14.9 Å². The molecule has 0 heterocycles. The first kappa shape index (κ1) is 15.8. The minimum absolute atomic E-state index is 0.00631. The van der Waals surface area contributed by atoms with Gasteiger partial charge in [0.05, 0.1) is 6.42 Å². The molecule has 0 bridgehead atoms. The van der Waals surface area contributed by atoms with Gasteiger partial charge >= 0.3 is 12.0 Å². The van der Waals surface area contributed by atoms with Gasteiger partial charge in [0.25, 0.3) is 0 Å². The molecule has 1 saturated carbocycles. The van der Waals surface area contributed by atoms with E-state index in [-0.39, 0.29) is 24.5 Å². The second-order valence-electron chi connectivity index (χ2n) is 6.17. The minimum Gasteiger partial charge on any atom is -0.481 e.